The molecule has 0 N–H and O–H groups in total. The van der Waals surface area contributed by atoms with Crippen LogP contribution in [-0.2, 0) is 0 Å². The Balaban J connectivity index is 1.81. The van der Waals surface area contributed by atoms with Gasteiger partial charge in [0.05, 0.1) is 11.8 Å². The third-order valence-electron chi connectivity index (χ3n) is 3.62. The zero-order valence-corrected chi connectivity index (χ0v) is 13.1. The van der Waals surface area contributed by atoms with Crippen molar-refractivity contribution in [2.24, 2.45) is 4.99 Å². The Morgan fingerprint density at radius 2 is 2.14 bits per heavy atom. The lowest BCUT2D eigenvalue weighted by molar-refractivity contribution is 0.514. The predicted molar refractivity (Wildman–Crippen MR) is 85.1 cm³/mol. The molecule has 4 rings (SSSR count). The van der Waals surface area contributed by atoms with Gasteiger partial charge in [0.25, 0.3) is 5.95 Å². The molecule has 0 fully saturated rings. The first-order valence-corrected chi connectivity index (χ1v) is 7.62. The van der Waals surface area contributed by atoms with Crippen LogP contribution in [0.3, 0.4) is 0 Å². The smallest absolute Gasteiger partial charge is 0.264 e. The molecule has 1 aromatic carbocycles. The quantitative estimate of drug-likeness (QED) is 0.709. The molecule has 0 saturated heterocycles. The molecular formula is C15H11BrN6. The maximum atomic E-state index is 4.57. The van der Waals surface area contributed by atoms with Crippen molar-refractivity contribution in [3.05, 3.63) is 64.4 Å². The summed E-state index contributed by atoms with van der Waals surface area (Å²) in [5.41, 5.74) is 3.08. The number of benzene rings is 1. The van der Waals surface area contributed by atoms with Crippen molar-refractivity contribution in [2.45, 2.75) is 12.5 Å². The van der Waals surface area contributed by atoms with E-state index in [1.165, 1.54) is 0 Å². The molecule has 0 radical (unpaired) electrons. The predicted octanol–water partition coefficient (Wildman–Crippen LogP) is 2.94. The number of hydrogen-bond acceptors (Lipinski definition) is 5. The second-order valence-electron chi connectivity index (χ2n) is 5.00. The van der Waals surface area contributed by atoms with Gasteiger partial charge in [0, 0.05) is 28.9 Å². The Labute approximate surface area is 135 Å². The Morgan fingerprint density at radius 1 is 1.18 bits per heavy atom. The molecule has 7 heteroatoms. The fourth-order valence-corrected chi connectivity index (χ4v) is 3.01. The molecule has 108 valence electrons. The Bertz CT molecular complexity index is 842. The third kappa shape index (κ3) is 2.33. The Morgan fingerprint density at radius 3 is 2.95 bits per heavy atom. The van der Waals surface area contributed by atoms with Crippen LogP contribution in [0.15, 0.2) is 58.3 Å². The summed E-state index contributed by atoms with van der Waals surface area (Å²) < 4.78 is 2.80. The molecule has 3 aromatic rings. The number of rotatable bonds is 2. The van der Waals surface area contributed by atoms with Crippen molar-refractivity contribution in [3.63, 3.8) is 0 Å². The lowest BCUT2D eigenvalue weighted by Crippen LogP contribution is -2.21. The highest BCUT2D eigenvalue weighted by Crippen LogP contribution is 2.32. The number of tetrazole rings is 1. The number of aromatic nitrogens is 5. The van der Waals surface area contributed by atoms with Crippen molar-refractivity contribution >= 4 is 27.6 Å². The molecule has 1 aliphatic rings. The molecule has 6 nitrogen and oxygen atoms in total. The van der Waals surface area contributed by atoms with E-state index < -0.39 is 0 Å². The highest BCUT2D eigenvalue weighted by Gasteiger charge is 2.27. The second-order valence-corrected chi connectivity index (χ2v) is 5.91. The van der Waals surface area contributed by atoms with Gasteiger partial charge in [0.15, 0.2) is 0 Å². The summed E-state index contributed by atoms with van der Waals surface area (Å²) in [6.07, 6.45) is 4.29. The SMILES string of the molecule is Brc1cccc(C2CC(c3cccnc3)=Nc3nnnn32)c1. The van der Waals surface area contributed by atoms with Crippen LogP contribution in [0.1, 0.15) is 23.6 Å². The average molecular weight is 355 g/mol. The lowest BCUT2D eigenvalue weighted by Gasteiger charge is -2.23. The first-order valence-electron chi connectivity index (χ1n) is 6.82. The molecule has 0 saturated carbocycles. The highest BCUT2D eigenvalue weighted by molar-refractivity contribution is 9.10. The van der Waals surface area contributed by atoms with E-state index in [0.29, 0.717) is 5.95 Å². The van der Waals surface area contributed by atoms with Gasteiger partial charge in [-0.25, -0.2) is 9.67 Å². The van der Waals surface area contributed by atoms with Gasteiger partial charge in [-0.2, -0.15) is 0 Å². The molecule has 0 spiro atoms. The van der Waals surface area contributed by atoms with Crippen molar-refractivity contribution in [3.8, 4) is 0 Å². The van der Waals surface area contributed by atoms with Crippen LogP contribution in [0, 0.1) is 0 Å². The number of pyridine rings is 1. The minimum absolute atomic E-state index is 0.0233. The molecule has 1 atom stereocenters. The van der Waals surface area contributed by atoms with E-state index in [1.807, 2.05) is 30.5 Å². The maximum Gasteiger partial charge on any atom is 0.269 e. The molecule has 0 bridgehead atoms. The summed E-state index contributed by atoms with van der Waals surface area (Å²) in [5, 5.41) is 11.9. The summed E-state index contributed by atoms with van der Waals surface area (Å²) >= 11 is 3.52. The zero-order valence-electron chi connectivity index (χ0n) is 11.5. The summed E-state index contributed by atoms with van der Waals surface area (Å²) in [5.74, 6) is 0.523. The summed E-state index contributed by atoms with van der Waals surface area (Å²) in [6, 6.07) is 12.1. The van der Waals surface area contributed by atoms with Crippen LogP contribution >= 0.6 is 15.9 Å². The second kappa shape index (κ2) is 5.42. The minimum Gasteiger partial charge on any atom is -0.264 e. The number of aliphatic imine (C=N–C) groups is 1. The van der Waals surface area contributed by atoms with Crippen LogP contribution in [0.2, 0.25) is 0 Å². The standard InChI is InChI=1S/C15H11BrN6/c16-12-5-1-3-10(7-12)14-8-13(11-4-2-6-17-9-11)18-15-19-20-21-22(14)15/h1-7,9,14H,8H2. The van der Waals surface area contributed by atoms with Crippen LogP contribution in [0.25, 0.3) is 0 Å². The number of halogens is 1. The first-order chi connectivity index (χ1) is 10.8. The van der Waals surface area contributed by atoms with Crippen LogP contribution in [0.5, 0.6) is 0 Å². The van der Waals surface area contributed by atoms with Crippen molar-refractivity contribution in [2.75, 3.05) is 0 Å². The van der Waals surface area contributed by atoms with E-state index in [9.17, 15) is 0 Å². The van der Waals surface area contributed by atoms with Gasteiger partial charge >= 0.3 is 0 Å². The van der Waals surface area contributed by atoms with Gasteiger partial charge in [-0.05, 0) is 34.2 Å². The molecule has 22 heavy (non-hydrogen) atoms. The third-order valence-corrected chi connectivity index (χ3v) is 4.11. The van der Waals surface area contributed by atoms with E-state index in [-0.39, 0.29) is 6.04 Å². The average Bonchev–Trinajstić information content (AvgIpc) is 3.03. The van der Waals surface area contributed by atoms with Crippen LogP contribution < -0.4 is 0 Å². The molecule has 0 aliphatic carbocycles. The van der Waals surface area contributed by atoms with E-state index in [1.54, 1.807) is 10.9 Å². The van der Waals surface area contributed by atoms with Gasteiger partial charge in [-0.15, -0.1) is 0 Å². The lowest BCUT2D eigenvalue weighted by atomic mass is 9.97. The van der Waals surface area contributed by atoms with Gasteiger partial charge < -0.3 is 0 Å². The van der Waals surface area contributed by atoms with Gasteiger partial charge in [-0.3, -0.25) is 4.98 Å². The molecule has 0 amide bonds. The van der Waals surface area contributed by atoms with Gasteiger partial charge in [-0.1, -0.05) is 39.2 Å². The molecule has 1 aliphatic heterocycles. The van der Waals surface area contributed by atoms with Crippen molar-refractivity contribution < 1.29 is 0 Å². The van der Waals surface area contributed by atoms with E-state index in [4.69, 9.17) is 0 Å². The summed E-state index contributed by atoms with van der Waals surface area (Å²) in [7, 11) is 0. The van der Waals surface area contributed by atoms with Crippen LogP contribution in [-0.4, -0.2) is 30.9 Å². The Hall–Kier alpha value is -2.41. The molecule has 3 heterocycles. The Kier molecular flexibility index (Phi) is 3.27. The number of hydrogen-bond donors (Lipinski definition) is 0. The fraction of sp³-hybridized carbons (Fsp3) is 0.133. The molecular weight excluding hydrogens is 344 g/mol. The van der Waals surface area contributed by atoms with Crippen molar-refractivity contribution in [1.82, 2.24) is 25.2 Å². The van der Waals surface area contributed by atoms with Gasteiger partial charge in [0.2, 0.25) is 0 Å². The summed E-state index contributed by atoms with van der Waals surface area (Å²) in [4.78, 5) is 8.73. The highest BCUT2D eigenvalue weighted by atomic mass is 79.9. The largest absolute Gasteiger partial charge is 0.269 e. The number of fused-ring (bicyclic) bond motifs is 1. The fourth-order valence-electron chi connectivity index (χ4n) is 2.59. The minimum atomic E-state index is 0.0233. The van der Waals surface area contributed by atoms with E-state index in [2.05, 4.69) is 53.6 Å². The van der Waals surface area contributed by atoms with E-state index in [0.717, 1.165) is 27.7 Å². The topological polar surface area (TPSA) is 68.8 Å². The zero-order chi connectivity index (χ0) is 14.9. The maximum absolute atomic E-state index is 4.57. The monoisotopic (exact) mass is 354 g/mol. The van der Waals surface area contributed by atoms with Gasteiger partial charge in [0.1, 0.15) is 0 Å². The normalized spacial score (nSPS) is 17.0. The summed E-state index contributed by atoms with van der Waals surface area (Å²) in [6.45, 7) is 0. The molecule has 1 unspecified atom stereocenters. The van der Waals surface area contributed by atoms with Crippen LogP contribution in [0.4, 0.5) is 5.95 Å². The molecule has 2 aromatic heterocycles. The number of nitrogens with zero attached hydrogens (tertiary/aromatic N) is 6. The first kappa shape index (κ1) is 13.3. The van der Waals surface area contributed by atoms with E-state index >= 15 is 0 Å². The van der Waals surface area contributed by atoms with Crippen molar-refractivity contribution in [1.29, 1.82) is 0 Å².